The topological polar surface area (TPSA) is 101 Å². The molecule has 1 saturated carbocycles. The van der Waals surface area contributed by atoms with Crippen molar-refractivity contribution in [2.75, 3.05) is 0 Å². The van der Waals surface area contributed by atoms with Gasteiger partial charge in [-0.1, -0.05) is 32.1 Å². The van der Waals surface area contributed by atoms with E-state index in [-0.39, 0.29) is 0 Å². The Hall–Kier alpha value is -0.135. The summed E-state index contributed by atoms with van der Waals surface area (Å²) in [6, 6.07) is 0. The molecule has 0 heterocycles. The first kappa shape index (κ1) is 17.9. The quantitative estimate of drug-likeness (QED) is 0.475. The van der Waals surface area contributed by atoms with E-state index in [2.05, 4.69) is 0 Å². The molecule has 1 unspecified atom stereocenters. The summed E-state index contributed by atoms with van der Waals surface area (Å²) in [7, 11) is -2.17. The van der Waals surface area contributed by atoms with Crippen LogP contribution in [0.15, 0.2) is 0 Å². The van der Waals surface area contributed by atoms with E-state index in [1.165, 1.54) is 32.1 Å². The van der Waals surface area contributed by atoms with Crippen LogP contribution in [-0.2, 0) is 0 Å². The van der Waals surface area contributed by atoms with Gasteiger partial charge in [0, 0.05) is 0 Å². The molecule has 0 aromatic rings. The first-order valence-corrected chi connectivity index (χ1v) is 6.55. The van der Waals surface area contributed by atoms with Crippen molar-refractivity contribution < 1.29 is 25.3 Å². The summed E-state index contributed by atoms with van der Waals surface area (Å²) >= 11 is 0. The molecule has 108 valence electrons. The Balaban J connectivity index is 0.000000631. The molecule has 0 amide bonds. The second-order valence-corrected chi connectivity index (χ2v) is 5.89. The van der Waals surface area contributed by atoms with E-state index >= 15 is 0 Å². The monoisotopic (exact) mass is 262 g/mol. The Labute approximate surface area is 110 Å². The zero-order chi connectivity index (χ0) is 14.4. The van der Waals surface area contributed by atoms with Crippen LogP contribution < -0.4 is 0 Å². The smallest absolute Gasteiger partial charge is 0.402 e. The lowest BCUT2D eigenvalue weighted by Crippen LogP contribution is -2.48. The number of rotatable bonds is 3. The molecular formula is C12H27BO5. The van der Waals surface area contributed by atoms with Gasteiger partial charge in [0.15, 0.2) is 0 Å². The van der Waals surface area contributed by atoms with Crippen molar-refractivity contribution in [1.29, 1.82) is 0 Å². The summed E-state index contributed by atoms with van der Waals surface area (Å²) in [4.78, 5) is 0. The maximum atomic E-state index is 10.2. The Morgan fingerprint density at radius 3 is 1.67 bits per heavy atom. The van der Waals surface area contributed by atoms with Gasteiger partial charge in [-0.3, -0.25) is 0 Å². The second kappa shape index (κ2) is 7.45. The highest BCUT2D eigenvalue weighted by atomic mass is 16.5. The lowest BCUT2D eigenvalue weighted by Gasteiger charge is -2.39. The Morgan fingerprint density at radius 2 is 1.33 bits per heavy atom. The molecule has 6 heteroatoms. The summed E-state index contributed by atoms with van der Waals surface area (Å²) in [5.41, 5.74) is -1.94. The van der Waals surface area contributed by atoms with E-state index in [1.54, 1.807) is 20.8 Å². The summed E-state index contributed by atoms with van der Waals surface area (Å²) < 4.78 is 0. The number of hydrogen-bond donors (Lipinski definition) is 5. The predicted molar refractivity (Wildman–Crippen MR) is 70.5 cm³/mol. The van der Waals surface area contributed by atoms with Gasteiger partial charge in [0.25, 0.3) is 0 Å². The van der Waals surface area contributed by atoms with Crippen molar-refractivity contribution >= 4 is 7.32 Å². The van der Waals surface area contributed by atoms with Crippen molar-refractivity contribution in [3.8, 4) is 0 Å². The van der Waals surface area contributed by atoms with Gasteiger partial charge >= 0.3 is 7.32 Å². The van der Waals surface area contributed by atoms with Crippen LogP contribution in [0.3, 0.4) is 0 Å². The normalized spacial score (nSPS) is 20.7. The average molecular weight is 262 g/mol. The summed E-state index contributed by atoms with van der Waals surface area (Å²) in [5, 5.41) is 41.5. The minimum Gasteiger partial charge on any atom is -0.402 e. The average Bonchev–Trinajstić information content (AvgIpc) is 2.15. The third-order valence-corrected chi connectivity index (χ3v) is 3.73. The van der Waals surface area contributed by atoms with Crippen LogP contribution in [-0.4, -0.2) is 43.8 Å². The molecule has 0 aromatic carbocycles. The number of hydrogen-bond acceptors (Lipinski definition) is 5. The molecule has 0 saturated heterocycles. The molecule has 0 aliphatic heterocycles. The van der Waals surface area contributed by atoms with E-state index in [0.717, 1.165) is 6.42 Å². The van der Waals surface area contributed by atoms with Gasteiger partial charge in [0.1, 0.15) is 0 Å². The number of aliphatic hydroxyl groups is 2. The van der Waals surface area contributed by atoms with Gasteiger partial charge in [-0.15, -0.1) is 0 Å². The Morgan fingerprint density at radius 1 is 0.944 bits per heavy atom. The van der Waals surface area contributed by atoms with Gasteiger partial charge in [-0.25, -0.2) is 0 Å². The van der Waals surface area contributed by atoms with Gasteiger partial charge in [0.2, 0.25) is 0 Å². The maximum Gasteiger partial charge on any atom is 0.631 e. The molecule has 0 spiro atoms. The van der Waals surface area contributed by atoms with Crippen LogP contribution in [0.2, 0.25) is 0 Å². The van der Waals surface area contributed by atoms with Crippen molar-refractivity contribution in [2.24, 2.45) is 5.92 Å². The largest absolute Gasteiger partial charge is 0.631 e. The first-order valence-electron chi connectivity index (χ1n) is 6.55. The van der Waals surface area contributed by atoms with Gasteiger partial charge < -0.3 is 25.3 Å². The third kappa shape index (κ3) is 7.33. The molecule has 0 radical (unpaired) electrons. The molecular weight excluding hydrogens is 235 g/mol. The summed E-state index contributed by atoms with van der Waals surface area (Å²) in [6.45, 7) is 5.13. The molecule has 1 rings (SSSR count). The van der Waals surface area contributed by atoms with Gasteiger partial charge in [-0.05, 0) is 33.1 Å². The van der Waals surface area contributed by atoms with Crippen molar-refractivity contribution in [3.05, 3.63) is 0 Å². The van der Waals surface area contributed by atoms with Crippen LogP contribution in [0.5, 0.6) is 0 Å². The van der Waals surface area contributed by atoms with Crippen LogP contribution >= 0.6 is 0 Å². The highest BCUT2D eigenvalue weighted by molar-refractivity contribution is 6.30. The van der Waals surface area contributed by atoms with Gasteiger partial charge in [-0.2, -0.15) is 0 Å². The van der Waals surface area contributed by atoms with Crippen LogP contribution in [0.1, 0.15) is 59.3 Å². The molecule has 0 aromatic heterocycles. The van der Waals surface area contributed by atoms with E-state index in [1.807, 2.05) is 0 Å². The Bertz CT molecular complexity index is 216. The SMILES string of the molecule is CC(C)(O)C(C)(O)CC1CCCCC1.OB(O)O. The predicted octanol–water partition coefficient (Wildman–Crippen LogP) is 0.427. The fourth-order valence-corrected chi connectivity index (χ4v) is 2.20. The van der Waals surface area contributed by atoms with Gasteiger partial charge in [0.05, 0.1) is 11.2 Å². The fourth-order valence-electron chi connectivity index (χ4n) is 2.20. The van der Waals surface area contributed by atoms with Crippen molar-refractivity contribution in [1.82, 2.24) is 0 Å². The standard InChI is InChI=1S/C12H24O2.BH3O3/c1-11(2,13)12(3,14)9-10-7-5-4-6-8-10;2-1(3)4/h10,13-14H,4-9H2,1-3H3;2-4H. The molecule has 0 bridgehead atoms. The Kier molecular flexibility index (Phi) is 7.40. The van der Waals surface area contributed by atoms with E-state index in [9.17, 15) is 10.2 Å². The summed E-state index contributed by atoms with van der Waals surface area (Å²) in [6.07, 6.45) is 7.06. The molecule has 5 N–H and O–H groups in total. The van der Waals surface area contributed by atoms with Crippen LogP contribution in [0, 0.1) is 5.92 Å². The minimum absolute atomic E-state index is 0.602. The highest BCUT2D eigenvalue weighted by Crippen LogP contribution is 2.35. The lowest BCUT2D eigenvalue weighted by molar-refractivity contribution is -0.132. The van der Waals surface area contributed by atoms with E-state index in [4.69, 9.17) is 15.1 Å². The molecule has 1 aliphatic rings. The van der Waals surface area contributed by atoms with Crippen LogP contribution in [0.25, 0.3) is 0 Å². The zero-order valence-electron chi connectivity index (χ0n) is 11.6. The van der Waals surface area contributed by atoms with Crippen molar-refractivity contribution in [3.63, 3.8) is 0 Å². The van der Waals surface area contributed by atoms with Crippen LogP contribution in [0.4, 0.5) is 0 Å². The minimum atomic E-state index is -2.17. The zero-order valence-corrected chi connectivity index (χ0v) is 11.6. The fraction of sp³-hybridized carbons (Fsp3) is 1.00. The molecule has 1 aliphatic carbocycles. The third-order valence-electron chi connectivity index (χ3n) is 3.73. The van der Waals surface area contributed by atoms with E-state index in [0.29, 0.717) is 5.92 Å². The molecule has 18 heavy (non-hydrogen) atoms. The van der Waals surface area contributed by atoms with E-state index < -0.39 is 18.5 Å². The maximum absolute atomic E-state index is 10.2. The first-order chi connectivity index (χ1) is 8.06. The highest BCUT2D eigenvalue weighted by Gasteiger charge is 2.39. The molecule has 1 atom stereocenters. The molecule has 5 nitrogen and oxygen atoms in total. The van der Waals surface area contributed by atoms with Crippen molar-refractivity contribution in [2.45, 2.75) is 70.5 Å². The lowest BCUT2D eigenvalue weighted by atomic mass is 9.75. The second-order valence-electron chi connectivity index (χ2n) is 5.89. The summed E-state index contributed by atoms with van der Waals surface area (Å²) in [5.74, 6) is 0.602. The molecule has 1 fully saturated rings.